The molecule has 11 nitrogen and oxygen atoms in total. The lowest BCUT2D eigenvalue weighted by atomic mass is 10.1. The summed E-state index contributed by atoms with van der Waals surface area (Å²) in [6.07, 6.45) is 1.50. The normalized spacial score (nSPS) is 10.7. The highest BCUT2D eigenvalue weighted by Crippen LogP contribution is 2.36. The number of nitrogens with two attached hydrogens (primary N) is 1. The van der Waals surface area contributed by atoms with Crippen LogP contribution in [0.5, 0.6) is 11.5 Å². The van der Waals surface area contributed by atoms with Crippen molar-refractivity contribution in [1.29, 1.82) is 0 Å². The van der Waals surface area contributed by atoms with Gasteiger partial charge in [0.1, 0.15) is 11.3 Å². The molecule has 0 saturated heterocycles. The first-order valence-electron chi connectivity index (χ1n) is 8.26. The number of aromatic amines is 1. The Morgan fingerprint density at radius 3 is 2.65 bits per heavy atom. The standard InChI is InChI=1S/C17H13F2N5O6S/c1-29-12-3-8(11(24(27)28)4-13(12)30-16(18)19)15(26)23-17-22-10(6-31-17)7-2-9(14(20)25)21-5-7/h2-6,16,21H,1H3,(H2,20,25)(H,22,23,26). The third-order valence-corrected chi connectivity index (χ3v) is 4.67. The largest absolute Gasteiger partial charge is 0.493 e. The summed E-state index contributed by atoms with van der Waals surface area (Å²) in [5, 5.41) is 15.4. The number of halogens is 2. The monoisotopic (exact) mass is 453 g/mol. The van der Waals surface area contributed by atoms with Gasteiger partial charge >= 0.3 is 6.61 Å². The lowest BCUT2D eigenvalue weighted by molar-refractivity contribution is -0.385. The van der Waals surface area contributed by atoms with E-state index < -0.39 is 40.3 Å². The Kier molecular flexibility index (Phi) is 6.10. The molecule has 0 radical (unpaired) electrons. The molecule has 2 aromatic heterocycles. The van der Waals surface area contributed by atoms with Crippen LogP contribution in [-0.4, -0.2) is 40.4 Å². The van der Waals surface area contributed by atoms with E-state index in [0.29, 0.717) is 17.3 Å². The van der Waals surface area contributed by atoms with Gasteiger partial charge in [0.15, 0.2) is 16.6 Å². The van der Waals surface area contributed by atoms with E-state index in [1.807, 2.05) is 0 Å². The van der Waals surface area contributed by atoms with Gasteiger partial charge in [-0.2, -0.15) is 8.78 Å². The number of nitro groups is 1. The number of hydrogen-bond acceptors (Lipinski definition) is 8. The summed E-state index contributed by atoms with van der Waals surface area (Å²) in [7, 11) is 1.13. The van der Waals surface area contributed by atoms with Gasteiger partial charge in [0.2, 0.25) is 0 Å². The van der Waals surface area contributed by atoms with Crippen molar-refractivity contribution in [2.24, 2.45) is 5.73 Å². The van der Waals surface area contributed by atoms with Crippen LogP contribution in [0.1, 0.15) is 20.8 Å². The highest BCUT2D eigenvalue weighted by atomic mass is 32.1. The summed E-state index contributed by atoms with van der Waals surface area (Å²) in [6.45, 7) is -3.24. The second-order valence-electron chi connectivity index (χ2n) is 5.81. The fourth-order valence-electron chi connectivity index (χ4n) is 2.54. The molecule has 162 valence electrons. The number of nitrogens with one attached hydrogen (secondary N) is 2. The van der Waals surface area contributed by atoms with Crippen LogP contribution in [-0.2, 0) is 0 Å². The van der Waals surface area contributed by atoms with E-state index >= 15 is 0 Å². The third-order valence-electron chi connectivity index (χ3n) is 3.91. The Labute approximate surface area is 175 Å². The number of ether oxygens (including phenoxy) is 2. The van der Waals surface area contributed by atoms with Gasteiger partial charge in [0.05, 0.1) is 23.8 Å². The van der Waals surface area contributed by atoms with E-state index in [0.717, 1.165) is 24.5 Å². The number of carbonyl (C=O) groups excluding carboxylic acids is 2. The molecule has 2 amide bonds. The van der Waals surface area contributed by atoms with Crippen LogP contribution in [0.2, 0.25) is 0 Å². The summed E-state index contributed by atoms with van der Waals surface area (Å²) < 4.78 is 34.2. The Hall–Kier alpha value is -4.07. The number of benzene rings is 1. The van der Waals surface area contributed by atoms with E-state index in [2.05, 4.69) is 20.0 Å². The van der Waals surface area contributed by atoms with Crippen molar-refractivity contribution < 1.29 is 32.8 Å². The van der Waals surface area contributed by atoms with Crippen LogP contribution in [0, 0.1) is 10.1 Å². The first kappa shape index (κ1) is 21.6. The topological polar surface area (TPSA) is 162 Å². The number of amides is 2. The lowest BCUT2D eigenvalue weighted by Crippen LogP contribution is -2.15. The number of carbonyl (C=O) groups is 2. The number of alkyl halides is 2. The van der Waals surface area contributed by atoms with Gasteiger partial charge in [-0.1, -0.05) is 0 Å². The molecule has 0 aliphatic carbocycles. The number of primary amides is 1. The first-order valence-corrected chi connectivity index (χ1v) is 9.14. The van der Waals surface area contributed by atoms with E-state index in [4.69, 9.17) is 10.5 Å². The number of methoxy groups -OCH3 is 1. The van der Waals surface area contributed by atoms with Crippen molar-refractivity contribution in [3.63, 3.8) is 0 Å². The number of rotatable bonds is 8. The molecule has 31 heavy (non-hydrogen) atoms. The fourth-order valence-corrected chi connectivity index (χ4v) is 3.26. The molecule has 0 unspecified atom stereocenters. The smallest absolute Gasteiger partial charge is 0.387 e. The minimum Gasteiger partial charge on any atom is -0.493 e. The Morgan fingerprint density at radius 2 is 2.06 bits per heavy atom. The molecule has 0 fully saturated rings. The van der Waals surface area contributed by atoms with Crippen molar-refractivity contribution in [2.75, 3.05) is 12.4 Å². The van der Waals surface area contributed by atoms with Crippen molar-refractivity contribution in [1.82, 2.24) is 9.97 Å². The van der Waals surface area contributed by atoms with E-state index in [-0.39, 0.29) is 16.6 Å². The number of thiazole rings is 1. The molecule has 3 rings (SSSR count). The zero-order chi connectivity index (χ0) is 22.7. The summed E-state index contributed by atoms with van der Waals surface area (Å²) in [4.78, 5) is 41.1. The predicted molar refractivity (Wildman–Crippen MR) is 105 cm³/mol. The van der Waals surface area contributed by atoms with Crippen molar-refractivity contribution >= 4 is 34.0 Å². The molecule has 2 heterocycles. The van der Waals surface area contributed by atoms with Gasteiger partial charge in [0, 0.05) is 23.2 Å². The van der Waals surface area contributed by atoms with Crippen LogP contribution in [0.15, 0.2) is 29.8 Å². The molecule has 0 atom stereocenters. The van der Waals surface area contributed by atoms with Crippen LogP contribution >= 0.6 is 11.3 Å². The quantitative estimate of drug-likeness (QED) is 0.349. The molecule has 3 aromatic rings. The van der Waals surface area contributed by atoms with Crippen LogP contribution in [0.4, 0.5) is 19.6 Å². The van der Waals surface area contributed by atoms with Crippen molar-refractivity contribution in [3.05, 3.63) is 51.1 Å². The average molecular weight is 453 g/mol. The zero-order valence-electron chi connectivity index (χ0n) is 15.5. The maximum Gasteiger partial charge on any atom is 0.387 e. The number of aromatic nitrogens is 2. The molecule has 0 bridgehead atoms. The van der Waals surface area contributed by atoms with Crippen molar-refractivity contribution in [2.45, 2.75) is 6.61 Å². The maximum atomic E-state index is 12.6. The molecule has 1 aromatic carbocycles. The van der Waals surface area contributed by atoms with Crippen molar-refractivity contribution in [3.8, 4) is 22.8 Å². The zero-order valence-corrected chi connectivity index (χ0v) is 16.4. The summed E-state index contributed by atoms with van der Waals surface area (Å²) in [6, 6.07) is 3.07. The highest BCUT2D eigenvalue weighted by Gasteiger charge is 2.26. The Bertz CT molecular complexity index is 1160. The molecule has 14 heteroatoms. The number of anilines is 1. The van der Waals surface area contributed by atoms with Crippen LogP contribution in [0.3, 0.4) is 0 Å². The number of H-pyrrole nitrogens is 1. The second-order valence-corrected chi connectivity index (χ2v) is 6.67. The van der Waals surface area contributed by atoms with E-state index in [1.54, 1.807) is 5.38 Å². The molecule has 0 aliphatic rings. The molecule has 0 saturated carbocycles. The first-order chi connectivity index (χ1) is 14.7. The van der Waals surface area contributed by atoms with Gasteiger partial charge in [-0.3, -0.25) is 25.0 Å². The minimum atomic E-state index is -3.24. The average Bonchev–Trinajstić information content (AvgIpc) is 3.36. The Morgan fingerprint density at radius 1 is 1.32 bits per heavy atom. The minimum absolute atomic E-state index is 0.1000. The van der Waals surface area contributed by atoms with Crippen LogP contribution < -0.4 is 20.5 Å². The number of nitrogens with zero attached hydrogens (tertiary/aromatic N) is 2. The SMILES string of the molecule is COc1cc(C(=O)Nc2nc(-c3c[nH]c(C(N)=O)c3)cs2)c([N+](=O)[O-])cc1OC(F)F. The second kappa shape index (κ2) is 8.74. The molecular formula is C17H13F2N5O6S. The van der Waals surface area contributed by atoms with Gasteiger partial charge in [-0.25, -0.2) is 4.98 Å². The molecule has 0 spiro atoms. The van der Waals surface area contributed by atoms with E-state index in [1.165, 1.54) is 12.3 Å². The summed E-state index contributed by atoms with van der Waals surface area (Å²) >= 11 is 1.02. The van der Waals surface area contributed by atoms with Gasteiger partial charge in [-0.15, -0.1) is 11.3 Å². The maximum absolute atomic E-state index is 12.6. The predicted octanol–water partition coefficient (Wildman–Crippen LogP) is 3.01. The third kappa shape index (κ3) is 4.75. The summed E-state index contributed by atoms with van der Waals surface area (Å²) in [5.74, 6) is -2.45. The molecule has 4 N–H and O–H groups in total. The molecular weight excluding hydrogens is 440 g/mol. The number of hydrogen-bond donors (Lipinski definition) is 3. The molecule has 0 aliphatic heterocycles. The van der Waals surface area contributed by atoms with Gasteiger partial charge in [-0.05, 0) is 6.07 Å². The number of nitro benzene ring substituents is 1. The van der Waals surface area contributed by atoms with Crippen LogP contribution in [0.25, 0.3) is 11.3 Å². The fraction of sp³-hybridized carbons (Fsp3) is 0.118. The highest BCUT2D eigenvalue weighted by molar-refractivity contribution is 7.14. The van der Waals surface area contributed by atoms with Gasteiger partial charge in [0.25, 0.3) is 17.5 Å². The van der Waals surface area contributed by atoms with Gasteiger partial charge < -0.3 is 20.2 Å². The van der Waals surface area contributed by atoms with E-state index in [9.17, 15) is 28.5 Å². The lowest BCUT2D eigenvalue weighted by Gasteiger charge is -2.11. The Balaban J connectivity index is 1.88. The summed E-state index contributed by atoms with van der Waals surface area (Å²) in [5.41, 5.74) is 5.09.